The topological polar surface area (TPSA) is 92.8 Å². The van der Waals surface area contributed by atoms with Crippen LogP contribution >= 0.6 is 0 Å². The number of nitrogens with one attached hydrogen (secondary N) is 1. The summed E-state index contributed by atoms with van der Waals surface area (Å²) in [5.41, 5.74) is 0.162. The van der Waals surface area contributed by atoms with Crippen LogP contribution in [0.1, 0.15) is 30.6 Å². The Morgan fingerprint density at radius 2 is 1.92 bits per heavy atom. The Bertz CT molecular complexity index is 700. The number of hydrogen-bond acceptors (Lipinski definition) is 5. The average Bonchev–Trinajstić information content (AvgIpc) is 2.57. The molecule has 24 heavy (non-hydrogen) atoms. The third-order valence-corrected chi connectivity index (χ3v) is 5.64. The van der Waals surface area contributed by atoms with Crippen LogP contribution < -0.4 is 5.32 Å². The van der Waals surface area contributed by atoms with Crippen LogP contribution in [0.3, 0.4) is 0 Å². The predicted octanol–water partition coefficient (Wildman–Crippen LogP) is 1.25. The molecular formula is C16H24N2O5S. The van der Waals surface area contributed by atoms with E-state index in [-0.39, 0.29) is 16.4 Å². The summed E-state index contributed by atoms with van der Waals surface area (Å²) in [5, 5.41) is 2.62. The van der Waals surface area contributed by atoms with Crippen LogP contribution in [0.2, 0.25) is 0 Å². The van der Waals surface area contributed by atoms with Gasteiger partial charge in [0.05, 0.1) is 12.0 Å². The molecule has 0 aliphatic rings. The van der Waals surface area contributed by atoms with Crippen molar-refractivity contribution in [3.8, 4) is 0 Å². The molecule has 7 nitrogen and oxygen atoms in total. The molecule has 0 aliphatic carbocycles. The summed E-state index contributed by atoms with van der Waals surface area (Å²) in [6.45, 7) is 3.73. The Morgan fingerprint density at radius 3 is 2.42 bits per heavy atom. The smallest absolute Gasteiger partial charge is 0.328 e. The van der Waals surface area contributed by atoms with E-state index >= 15 is 0 Å². The maximum absolute atomic E-state index is 12.4. The second-order valence-electron chi connectivity index (χ2n) is 5.68. The van der Waals surface area contributed by atoms with Gasteiger partial charge in [-0.25, -0.2) is 17.5 Å². The molecule has 0 radical (unpaired) electrons. The molecule has 0 saturated heterocycles. The molecule has 0 spiro atoms. The SMILES string of the molecule is CC[C@@H](C)[C@@H](NC(=O)c1cccc(S(=O)(=O)N(C)C)c1)C(=O)OC. The van der Waals surface area contributed by atoms with Gasteiger partial charge in [0, 0.05) is 19.7 Å². The van der Waals surface area contributed by atoms with Crippen molar-refractivity contribution in [1.29, 1.82) is 0 Å². The van der Waals surface area contributed by atoms with Gasteiger partial charge in [0.25, 0.3) is 5.91 Å². The lowest BCUT2D eigenvalue weighted by molar-refractivity contribution is -0.144. The molecule has 0 bridgehead atoms. The van der Waals surface area contributed by atoms with Gasteiger partial charge in [0.2, 0.25) is 10.0 Å². The highest BCUT2D eigenvalue weighted by atomic mass is 32.2. The first-order valence-electron chi connectivity index (χ1n) is 7.56. The van der Waals surface area contributed by atoms with E-state index < -0.39 is 27.9 Å². The summed E-state index contributed by atoms with van der Waals surface area (Å²) >= 11 is 0. The number of esters is 1. The van der Waals surface area contributed by atoms with Gasteiger partial charge in [0.1, 0.15) is 6.04 Å². The van der Waals surface area contributed by atoms with Gasteiger partial charge >= 0.3 is 5.97 Å². The molecule has 1 aromatic carbocycles. The summed E-state index contributed by atoms with van der Waals surface area (Å²) in [5.74, 6) is -1.17. The van der Waals surface area contributed by atoms with E-state index in [9.17, 15) is 18.0 Å². The fourth-order valence-electron chi connectivity index (χ4n) is 2.03. The first-order chi connectivity index (χ1) is 11.1. The molecular weight excluding hydrogens is 332 g/mol. The van der Waals surface area contributed by atoms with E-state index in [2.05, 4.69) is 5.32 Å². The predicted molar refractivity (Wildman–Crippen MR) is 90.0 cm³/mol. The van der Waals surface area contributed by atoms with Gasteiger partial charge in [-0.1, -0.05) is 26.3 Å². The van der Waals surface area contributed by atoms with Gasteiger partial charge in [-0.15, -0.1) is 0 Å². The van der Waals surface area contributed by atoms with Crippen molar-refractivity contribution < 1.29 is 22.7 Å². The zero-order valence-corrected chi connectivity index (χ0v) is 15.4. The number of sulfonamides is 1. The zero-order chi connectivity index (χ0) is 18.5. The number of ether oxygens (including phenoxy) is 1. The van der Waals surface area contributed by atoms with Crippen LogP contribution in [0.4, 0.5) is 0 Å². The molecule has 1 aromatic rings. The van der Waals surface area contributed by atoms with Crippen molar-refractivity contribution in [3.63, 3.8) is 0 Å². The Morgan fingerprint density at radius 1 is 1.29 bits per heavy atom. The standard InChI is InChI=1S/C16H24N2O5S/c1-6-11(2)14(16(20)23-5)17-15(19)12-8-7-9-13(10-12)24(21,22)18(3)4/h7-11,14H,6H2,1-5H3,(H,17,19)/t11-,14-/m1/s1. The van der Waals surface area contributed by atoms with Gasteiger partial charge in [-0.2, -0.15) is 0 Å². The quantitative estimate of drug-likeness (QED) is 0.742. The minimum absolute atomic E-state index is 0.0123. The molecule has 1 rings (SSSR count). The molecule has 0 aromatic heterocycles. The first kappa shape index (κ1) is 20.1. The number of carbonyl (C=O) groups is 2. The third kappa shape index (κ3) is 4.55. The molecule has 0 aliphatic heterocycles. The molecule has 0 unspecified atom stereocenters. The van der Waals surface area contributed by atoms with E-state index in [0.29, 0.717) is 6.42 Å². The maximum Gasteiger partial charge on any atom is 0.328 e. The molecule has 0 heterocycles. The molecule has 0 saturated carbocycles. The van der Waals surface area contributed by atoms with Crippen molar-refractivity contribution in [2.24, 2.45) is 5.92 Å². The fourth-order valence-corrected chi connectivity index (χ4v) is 2.98. The zero-order valence-electron chi connectivity index (χ0n) is 14.6. The second kappa shape index (κ2) is 8.25. The third-order valence-electron chi connectivity index (χ3n) is 3.83. The van der Waals surface area contributed by atoms with Gasteiger partial charge in [-0.3, -0.25) is 4.79 Å². The summed E-state index contributed by atoms with van der Waals surface area (Å²) in [7, 11) is 0.446. The summed E-state index contributed by atoms with van der Waals surface area (Å²) in [6.07, 6.45) is 0.676. The number of benzene rings is 1. The van der Waals surface area contributed by atoms with Crippen LogP contribution in [0.5, 0.6) is 0 Å². The molecule has 134 valence electrons. The van der Waals surface area contributed by atoms with E-state index in [1.54, 1.807) is 0 Å². The highest BCUT2D eigenvalue weighted by Gasteiger charge is 2.27. The largest absolute Gasteiger partial charge is 0.467 e. The highest BCUT2D eigenvalue weighted by Crippen LogP contribution is 2.16. The van der Waals surface area contributed by atoms with Crippen molar-refractivity contribution >= 4 is 21.9 Å². The Kier molecular flexibility index (Phi) is 6.92. The molecule has 2 atom stereocenters. The Hall–Kier alpha value is -1.93. The monoisotopic (exact) mass is 356 g/mol. The minimum Gasteiger partial charge on any atom is -0.467 e. The summed E-state index contributed by atoms with van der Waals surface area (Å²) in [4.78, 5) is 24.3. The van der Waals surface area contributed by atoms with Crippen LogP contribution in [-0.4, -0.2) is 51.8 Å². The molecule has 8 heteroatoms. The van der Waals surface area contributed by atoms with E-state index in [1.807, 2.05) is 13.8 Å². The van der Waals surface area contributed by atoms with Gasteiger partial charge in [0.15, 0.2) is 0 Å². The van der Waals surface area contributed by atoms with Crippen molar-refractivity contribution in [2.75, 3.05) is 21.2 Å². The number of carbonyl (C=O) groups excluding carboxylic acids is 2. The van der Waals surface area contributed by atoms with Gasteiger partial charge < -0.3 is 10.1 Å². The lowest BCUT2D eigenvalue weighted by Crippen LogP contribution is -2.45. The summed E-state index contributed by atoms with van der Waals surface area (Å²) < 4.78 is 30.1. The van der Waals surface area contributed by atoms with Crippen LogP contribution in [0, 0.1) is 5.92 Å². The molecule has 1 amide bonds. The molecule has 1 N–H and O–H groups in total. The lowest BCUT2D eigenvalue weighted by Gasteiger charge is -2.22. The summed E-state index contributed by atoms with van der Waals surface area (Å²) in [6, 6.07) is 4.90. The number of amides is 1. The van der Waals surface area contributed by atoms with E-state index in [4.69, 9.17) is 4.74 Å². The fraction of sp³-hybridized carbons (Fsp3) is 0.500. The second-order valence-corrected chi connectivity index (χ2v) is 7.83. The van der Waals surface area contributed by atoms with Crippen molar-refractivity contribution in [2.45, 2.75) is 31.2 Å². The minimum atomic E-state index is -3.64. The first-order valence-corrected chi connectivity index (χ1v) is 9.00. The lowest BCUT2D eigenvalue weighted by atomic mass is 9.99. The van der Waals surface area contributed by atoms with E-state index in [0.717, 1.165) is 4.31 Å². The Labute approximate surface area is 143 Å². The number of nitrogens with zero attached hydrogens (tertiary/aromatic N) is 1. The highest BCUT2D eigenvalue weighted by molar-refractivity contribution is 7.89. The normalized spacial score (nSPS) is 14.1. The van der Waals surface area contributed by atoms with Crippen LogP contribution in [0.25, 0.3) is 0 Å². The van der Waals surface area contributed by atoms with Crippen molar-refractivity contribution in [1.82, 2.24) is 9.62 Å². The average molecular weight is 356 g/mol. The number of hydrogen-bond donors (Lipinski definition) is 1. The van der Waals surface area contributed by atoms with Gasteiger partial charge in [-0.05, 0) is 24.1 Å². The Balaban J connectivity index is 3.09. The number of rotatable bonds is 7. The van der Waals surface area contributed by atoms with E-state index in [1.165, 1.54) is 45.5 Å². The van der Waals surface area contributed by atoms with Crippen LogP contribution in [-0.2, 0) is 19.6 Å². The maximum atomic E-state index is 12.4. The molecule has 0 fully saturated rings. The number of methoxy groups -OCH3 is 1. The van der Waals surface area contributed by atoms with Crippen LogP contribution in [0.15, 0.2) is 29.2 Å². The van der Waals surface area contributed by atoms with Crippen molar-refractivity contribution in [3.05, 3.63) is 29.8 Å².